The van der Waals surface area contributed by atoms with Crippen LogP contribution in [0.4, 0.5) is 5.69 Å². The number of fused-ring (bicyclic) bond motifs is 1. The topological polar surface area (TPSA) is 73.1 Å². The van der Waals surface area contributed by atoms with Crippen LogP contribution in [0.5, 0.6) is 0 Å². The molecule has 0 bridgehead atoms. The summed E-state index contributed by atoms with van der Waals surface area (Å²) in [6.45, 7) is 8.36. The van der Waals surface area contributed by atoms with Crippen molar-refractivity contribution in [1.82, 2.24) is 4.57 Å². The number of esters is 1. The standard InChI is InChI=1S/C26H29N3O4S2/c1-5-28(6-2)19-11-9-18(10-12-19)16-21-24(30)29-23(20-8-7-15-34-20)22(17(3)27-26(29)35-21)25(31)33-14-13-32-4/h7-12,15-16,23H,5-6,13-14H2,1-4H3/b21-16-/t23-/m1/s1. The van der Waals surface area contributed by atoms with Gasteiger partial charge in [0, 0.05) is 30.8 Å². The zero-order valence-corrected chi connectivity index (χ0v) is 21.9. The Morgan fingerprint density at radius 1 is 1.17 bits per heavy atom. The number of allylic oxidation sites excluding steroid dienone is 1. The van der Waals surface area contributed by atoms with E-state index in [1.807, 2.05) is 35.7 Å². The van der Waals surface area contributed by atoms with Crippen LogP contribution in [0, 0.1) is 0 Å². The summed E-state index contributed by atoms with van der Waals surface area (Å²) in [6.07, 6.45) is 1.89. The highest BCUT2D eigenvalue weighted by Gasteiger charge is 2.34. The van der Waals surface area contributed by atoms with Crippen molar-refractivity contribution in [2.75, 3.05) is 38.3 Å². The molecule has 0 aliphatic carbocycles. The number of anilines is 1. The van der Waals surface area contributed by atoms with Crippen molar-refractivity contribution in [3.8, 4) is 0 Å². The lowest BCUT2D eigenvalue weighted by Crippen LogP contribution is -2.39. The van der Waals surface area contributed by atoms with Crippen LogP contribution in [-0.2, 0) is 14.3 Å². The van der Waals surface area contributed by atoms with Gasteiger partial charge in [0.1, 0.15) is 12.6 Å². The number of carbonyl (C=O) groups is 1. The molecule has 0 saturated carbocycles. The number of thiazole rings is 1. The largest absolute Gasteiger partial charge is 0.460 e. The third-order valence-corrected chi connectivity index (χ3v) is 7.80. The van der Waals surface area contributed by atoms with Crippen LogP contribution in [0.15, 0.2) is 62.8 Å². The van der Waals surface area contributed by atoms with Gasteiger partial charge in [0.25, 0.3) is 5.56 Å². The fourth-order valence-corrected chi connectivity index (χ4v) is 5.99. The second-order valence-electron chi connectivity index (χ2n) is 7.99. The number of rotatable bonds is 9. The Kier molecular flexibility index (Phi) is 8.00. The van der Waals surface area contributed by atoms with Crippen molar-refractivity contribution >= 4 is 40.4 Å². The molecule has 9 heteroatoms. The van der Waals surface area contributed by atoms with E-state index in [4.69, 9.17) is 9.47 Å². The van der Waals surface area contributed by atoms with E-state index in [9.17, 15) is 9.59 Å². The minimum atomic E-state index is -0.575. The minimum Gasteiger partial charge on any atom is -0.460 e. The van der Waals surface area contributed by atoms with Crippen molar-refractivity contribution in [3.63, 3.8) is 0 Å². The van der Waals surface area contributed by atoms with Crippen molar-refractivity contribution in [2.24, 2.45) is 4.99 Å². The van der Waals surface area contributed by atoms with Gasteiger partial charge in [-0.3, -0.25) is 9.36 Å². The highest BCUT2D eigenvalue weighted by Crippen LogP contribution is 2.33. The van der Waals surface area contributed by atoms with Crippen LogP contribution in [0.3, 0.4) is 0 Å². The molecule has 0 unspecified atom stereocenters. The van der Waals surface area contributed by atoms with Gasteiger partial charge in [0.05, 0.1) is 22.4 Å². The van der Waals surface area contributed by atoms with Gasteiger partial charge in [0.15, 0.2) is 4.80 Å². The van der Waals surface area contributed by atoms with Crippen LogP contribution in [0.1, 0.15) is 37.3 Å². The molecule has 0 amide bonds. The SMILES string of the molecule is CCN(CC)c1ccc(/C=c2\sc3n(c2=O)[C@H](c2cccs2)C(C(=O)OCCOC)=C(C)N=3)cc1. The number of hydrogen-bond donors (Lipinski definition) is 0. The quantitative estimate of drug-likeness (QED) is 0.326. The van der Waals surface area contributed by atoms with Gasteiger partial charge in [-0.05, 0) is 56.0 Å². The summed E-state index contributed by atoms with van der Waals surface area (Å²) in [6, 6.07) is 11.5. The number of benzene rings is 1. The minimum absolute atomic E-state index is 0.136. The third kappa shape index (κ3) is 5.17. The Labute approximate surface area is 212 Å². The maximum atomic E-state index is 13.6. The van der Waals surface area contributed by atoms with Crippen molar-refractivity contribution in [2.45, 2.75) is 26.8 Å². The fourth-order valence-electron chi connectivity index (χ4n) is 4.12. The number of nitrogens with zero attached hydrogens (tertiary/aromatic N) is 3. The average Bonchev–Trinajstić information content (AvgIpc) is 3.49. The second-order valence-corrected chi connectivity index (χ2v) is 9.98. The van der Waals surface area contributed by atoms with E-state index in [1.165, 1.54) is 22.7 Å². The second kappa shape index (κ2) is 11.2. The maximum absolute atomic E-state index is 13.6. The van der Waals surface area contributed by atoms with E-state index in [-0.39, 0.29) is 12.2 Å². The van der Waals surface area contributed by atoms with Gasteiger partial charge in [-0.2, -0.15) is 0 Å². The number of thiophene rings is 1. The predicted molar refractivity (Wildman–Crippen MR) is 141 cm³/mol. The lowest BCUT2D eigenvalue weighted by Gasteiger charge is -2.23. The number of ether oxygens (including phenoxy) is 2. The molecular weight excluding hydrogens is 482 g/mol. The highest BCUT2D eigenvalue weighted by molar-refractivity contribution is 7.10. The molecule has 4 rings (SSSR count). The summed E-state index contributed by atoms with van der Waals surface area (Å²) < 4.78 is 12.6. The smallest absolute Gasteiger partial charge is 0.338 e. The molecule has 1 aromatic carbocycles. The molecule has 0 radical (unpaired) electrons. The van der Waals surface area contributed by atoms with Gasteiger partial charge in [-0.15, -0.1) is 11.3 Å². The molecule has 1 atom stereocenters. The van der Waals surface area contributed by atoms with E-state index in [0.717, 1.165) is 29.2 Å². The lowest BCUT2D eigenvalue weighted by molar-refractivity contribution is -0.140. The van der Waals surface area contributed by atoms with E-state index in [0.29, 0.717) is 27.2 Å². The molecule has 2 aromatic heterocycles. The van der Waals surface area contributed by atoms with Gasteiger partial charge in [0.2, 0.25) is 0 Å². The zero-order valence-electron chi connectivity index (χ0n) is 20.3. The molecule has 184 valence electrons. The first-order chi connectivity index (χ1) is 17.0. The average molecular weight is 512 g/mol. The van der Waals surface area contributed by atoms with Gasteiger partial charge < -0.3 is 14.4 Å². The van der Waals surface area contributed by atoms with Crippen molar-refractivity contribution < 1.29 is 14.3 Å². The zero-order chi connectivity index (χ0) is 24.9. The van der Waals surface area contributed by atoms with Crippen LogP contribution in [0.25, 0.3) is 6.08 Å². The Balaban J connectivity index is 1.77. The summed E-state index contributed by atoms with van der Waals surface area (Å²) >= 11 is 2.83. The first-order valence-corrected chi connectivity index (χ1v) is 13.2. The third-order valence-electron chi connectivity index (χ3n) is 5.89. The highest BCUT2D eigenvalue weighted by atomic mass is 32.1. The molecule has 0 N–H and O–H groups in total. The number of carbonyl (C=O) groups excluding carboxylic acids is 1. The maximum Gasteiger partial charge on any atom is 0.338 e. The number of methoxy groups -OCH3 is 1. The van der Waals surface area contributed by atoms with Crippen LogP contribution in [0.2, 0.25) is 0 Å². The summed E-state index contributed by atoms with van der Waals surface area (Å²) in [5.74, 6) is -0.483. The monoisotopic (exact) mass is 511 g/mol. The van der Waals surface area contributed by atoms with E-state index in [2.05, 4.69) is 35.9 Å². The van der Waals surface area contributed by atoms with Crippen LogP contribution >= 0.6 is 22.7 Å². The van der Waals surface area contributed by atoms with Crippen molar-refractivity contribution in [1.29, 1.82) is 0 Å². The Morgan fingerprint density at radius 3 is 2.54 bits per heavy atom. The van der Waals surface area contributed by atoms with Crippen molar-refractivity contribution in [3.05, 3.63) is 83.2 Å². The van der Waals surface area contributed by atoms with Gasteiger partial charge in [-0.25, -0.2) is 9.79 Å². The lowest BCUT2D eigenvalue weighted by atomic mass is 10.0. The van der Waals surface area contributed by atoms with E-state index < -0.39 is 12.0 Å². The Bertz CT molecular complexity index is 1380. The molecule has 0 fully saturated rings. The number of hydrogen-bond acceptors (Lipinski definition) is 8. The number of aromatic nitrogens is 1. The molecule has 1 aliphatic heterocycles. The van der Waals surface area contributed by atoms with Crippen LogP contribution in [-0.4, -0.2) is 43.9 Å². The molecule has 3 heterocycles. The van der Waals surface area contributed by atoms with E-state index >= 15 is 0 Å². The van der Waals surface area contributed by atoms with Crippen LogP contribution < -0.4 is 19.8 Å². The molecule has 0 spiro atoms. The fraction of sp³-hybridized carbons (Fsp3) is 0.346. The molecule has 1 aliphatic rings. The summed E-state index contributed by atoms with van der Waals surface area (Å²) in [5, 5.41) is 1.94. The molecule has 35 heavy (non-hydrogen) atoms. The Morgan fingerprint density at radius 2 is 1.91 bits per heavy atom. The summed E-state index contributed by atoms with van der Waals surface area (Å²) in [4.78, 5) is 35.0. The first-order valence-electron chi connectivity index (χ1n) is 11.6. The molecule has 3 aromatic rings. The van der Waals surface area contributed by atoms with E-state index in [1.54, 1.807) is 18.6 Å². The molecule has 7 nitrogen and oxygen atoms in total. The predicted octanol–water partition coefficient (Wildman–Crippen LogP) is 3.33. The summed E-state index contributed by atoms with van der Waals surface area (Å²) in [5.41, 5.74) is 2.86. The Hall–Kier alpha value is -3.01. The van der Waals surface area contributed by atoms with Gasteiger partial charge >= 0.3 is 5.97 Å². The summed E-state index contributed by atoms with van der Waals surface area (Å²) in [7, 11) is 1.55. The van der Waals surface area contributed by atoms with Gasteiger partial charge in [-0.1, -0.05) is 29.5 Å². The normalized spacial score (nSPS) is 15.7. The first kappa shape index (κ1) is 25.1. The molecular formula is C26H29N3O4S2. The molecule has 0 saturated heterocycles.